The van der Waals surface area contributed by atoms with Gasteiger partial charge in [0, 0.05) is 11.1 Å². The zero-order chi connectivity index (χ0) is 20.4. The van der Waals surface area contributed by atoms with Gasteiger partial charge in [-0.3, -0.25) is 9.59 Å². The fraction of sp³-hybridized carbons (Fsp3) is 0.190. The average Bonchev–Trinajstić information content (AvgIpc) is 2.71. The second-order valence-corrected chi connectivity index (χ2v) is 6.12. The van der Waals surface area contributed by atoms with E-state index < -0.39 is 12.0 Å². The van der Waals surface area contributed by atoms with Crippen LogP contribution >= 0.6 is 11.6 Å². The lowest BCUT2D eigenvalue weighted by Gasteiger charge is -2.18. The number of hydrogen-bond donors (Lipinski definition) is 1. The number of ether oxygens (including phenoxy) is 2. The van der Waals surface area contributed by atoms with Gasteiger partial charge in [0.05, 0.1) is 19.6 Å². The molecule has 1 unspecified atom stereocenters. The molecule has 0 aliphatic heterocycles. The van der Waals surface area contributed by atoms with Crippen LogP contribution in [0.4, 0.5) is 0 Å². The van der Waals surface area contributed by atoms with E-state index in [9.17, 15) is 9.59 Å². The zero-order valence-electron chi connectivity index (χ0n) is 15.2. The Morgan fingerprint density at radius 3 is 2.57 bits per heavy atom. The van der Waals surface area contributed by atoms with Gasteiger partial charge < -0.3 is 14.8 Å². The summed E-state index contributed by atoms with van der Waals surface area (Å²) >= 11 is 6.20. The van der Waals surface area contributed by atoms with Crippen molar-refractivity contribution in [3.63, 3.8) is 0 Å². The summed E-state index contributed by atoms with van der Waals surface area (Å²) in [4.78, 5) is 24.0. The molecule has 0 aliphatic carbocycles. The van der Waals surface area contributed by atoms with Crippen molar-refractivity contribution in [1.29, 1.82) is 5.26 Å². The molecule has 28 heavy (non-hydrogen) atoms. The summed E-state index contributed by atoms with van der Waals surface area (Å²) in [5.74, 6) is -0.263. The highest BCUT2D eigenvalue weighted by Crippen LogP contribution is 2.25. The maximum atomic E-state index is 12.3. The quantitative estimate of drug-likeness (QED) is 0.541. The second-order valence-electron chi connectivity index (χ2n) is 5.71. The van der Waals surface area contributed by atoms with E-state index in [2.05, 4.69) is 5.32 Å². The zero-order valence-corrected chi connectivity index (χ0v) is 16.0. The van der Waals surface area contributed by atoms with Gasteiger partial charge in [0.2, 0.25) is 5.91 Å². The summed E-state index contributed by atoms with van der Waals surface area (Å²) in [6, 6.07) is 15.2. The lowest BCUT2D eigenvalue weighted by Crippen LogP contribution is -2.29. The number of benzene rings is 2. The van der Waals surface area contributed by atoms with Crippen LogP contribution in [0, 0.1) is 11.3 Å². The summed E-state index contributed by atoms with van der Waals surface area (Å²) in [6.07, 6.45) is 2.96. The first kappa shape index (κ1) is 21.0. The predicted molar refractivity (Wildman–Crippen MR) is 106 cm³/mol. The first-order valence-corrected chi connectivity index (χ1v) is 8.81. The van der Waals surface area contributed by atoms with Crippen LogP contribution in [0.15, 0.2) is 54.6 Å². The minimum atomic E-state index is -0.611. The number of nitriles is 1. The van der Waals surface area contributed by atoms with Crippen LogP contribution in [0.25, 0.3) is 6.08 Å². The molecule has 0 aromatic heterocycles. The number of methoxy groups -OCH3 is 1. The van der Waals surface area contributed by atoms with Crippen LogP contribution in [-0.4, -0.2) is 25.6 Å². The molecule has 0 radical (unpaired) electrons. The van der Waals surface area contributed by atoms with Crippen LogP contribution < -0.4 is 10.1 Å². The first-order chi connectivity index (χ1) is 13.5. The highest BCUT2D eigenvalue weighted by atomic mass is 35.5. The minimum absolute atomic E-state index is 0.0266. The molecule has 0 saturated carbocycles. The smallest absolute Gasteiger partial charge is 0.307 e. The summed E-state index contributed by atoms with van der Waals surface area (Å²) in [7, 11) is 1.29. The van der Waals surface area contributed by atoms with Crippen molar-refractivity contribution < 1.29 is 19.1 Å². The Balaban J connectivity index is 2.06. The first-order valence-electron chi connectivity index (χ1n) is 8.43. The van der Waals surface area contributed by atoms with E-state index in [0.717, 1.165) is 5.56 Å². The van der Waals surface area contributed by atoms with Gasteiger partial charge in [0.1, 0.15) is 11.8 Å². The molecular weight excluding hydrogens is 380 g/mol. The molecule has 7 heteroatoms. The lowest BCUT2D eigenvalue weighted by atomic mass is 10.0. The maximum absolute atomic E-state index is 12.3. The number of nitrogens with zero attached hydrogens (tertiary/aromatic N) is 1. The van der Waals surface area contributed by atoms with E-state index in [1.165, 1.54) is 13.2 Å². The van der Waals surface area contributed by atoms with Crippen molar-refractivity contribution in [2.45, 2.75) is 12.5 Å². The van der Waals surface area contributed by atoms with Gasteiger partial charge in [-0.15, -0.1) is 0 Å². The molecule has 1 amide bonds. The van der Waals surface area contributed by atoms with E-state index in [0.29, 0.717) is 16.3 Å². The van der Waals surface area contributed by atoms with Crippen molar-refractivity contribution in [1.82, 2.24) is 5.32 Å². The van der Waals surface area contributed by atoms with E-state index in [1.807, 2.05) is 6.07 Å². The summed E-state index contributed by atoms with van der Waals surface area (Å²) in [5.41, 5.74) is 1.41. The van der Waals surface area contributed by atoms with Crippen molar-refractivity contribution in [2.24, 2.45) is 0 Å². The Morgan fingerprint density at radius 1 is 1.21 bits per heavy atom. The molecule has 0 fully saturated rings. The molecule has 1 N–H and O–H groups in total. The van der Waals surface area contributed by atoms with Gasteiger partial charge in [-0.2, -0.15) is 5.26 Å². The average molecular weight is 399 g/mol. The van der Waals surface area contributed by atoms with Crippen LogP contribution in [0.5, 0.6) is 5.75 Å². The number of amides is 1. The van der Waals surface area contributed by atoms with Crippen molar-refractivity contribution in [2.75, 3.05) is 13.7 Å². The van der Waals surface area contributed by atoms with E-state index in [1.54, 1.807) is 54.6 Å². The molecule has 2 aromatic rings. The number of hydrogen-bond acceptors (Lipinski definition) is 5. The van der Waals surface area contributed by atoms with Gasteiger partial charge in [0.25, 0.3) is 0 Å². The predicted octanol–water partition coefficient (Wildman–Crippen LogP) is 3.68. The molecule has 0 heterocycles. The third-order valence-corrected chi connectivity index (χ3v) is 4.15. The molecule has 6 nitrogen and oxygen atoms in total. The van der Waals surface area contributed by atoms with Gasteiger partial charge in [-0.05, 0) is 35.4 Å². The number of carbonyl (C=O) groups is 2. The van der Waals surface area contributed by atoms with Crippen LogP contribution in [0.3, 0.4) is 0 Å². The van der Waals surface area contributed by atoms with E-state index >= 15 is 0 Å². The molecule has 0 aliphatic rings. The maximum Gasteiger partial charge on any atom is 0.307 e. The molecule has 1 atom stereocenters. The monoisotopic (exact) mass is 398 g/mol. The minimum Gasteiger partial charge on any atom is -0.479 e. The van der Waals surface area contributed by atoms with Crippen LogP contribution in [0.1, 0.15) is 23.6 Å². The molecule has 0 bridgehead atoms. The Labute approximate surface area is 168 Å². The number of carbonyl (C=O) groups excluding carboxylic acids is 2. The van der Waals surface area contributed by atoms with E-state index in [-0.39, 0.29) is 18.9 Å². The Hall–Kier alpha value is -3.30. The van der Waals surface area contributed by atoms with Crippen molar-refractivity contribution in [3.05, 3.63) is 70.8 Å². The summed E-state index contributed by atoms with van der Waals surface area (Å²) in [6.45, 7) is -0.0266. The van der Waals surface area contributed by atoms with Gasteiger partial charge in [-0.25, -0.2) is 0 Å². The molecule has 0 spiro atoms. The Morgan fingerprint density at radius 2 is 1.93 bits per heavy atom. The third-order valence-electron chi connectivity index (χ3n) is 3.81. The van der Waals surface area contributed by atoms with Crippen molar-refractivity contribution >= 4 is 29.6 Å². The molecular formula is C21H19ClN2O4. The normalized spacial score (nSPS) is 11.5. The molecule has 0 saturated heterocycles. The number of esters is 1. The standard InChI is InChI=1S/C21H19ClN2O4/c1-27-21(26)14-19(17-4-2-3-5-18(17)22)24-20(25)11-8-15-6-9-16(10-7-15)28-13-12-23/h2-11,19H,13-14H2,1H3,(H,24,25)/b11-8+. The topological polar surface area (TPSA) is 88.4 Å². The Bertz CT molecular complexity index is 888. The number of halogens is 1. The Kier molecular flexibility index (Phi) is 8.07. The van der Waals surface area contributed by atoms with Crippen LogP contribution in [0.2, 0.25) is 5.02 Å². The van der Waals surface area contributed by atoms with Gasteiger partial charge in [0.15, 0.2) is 6.61 Å². The summed E-state index contributed by atoms with van der Waals surface area (Å²) < 4.78 is 9.88. The molecule has 2 rings (SSSR count). The molecule has 144 valence electrons. The second kappa shape index (κ2) is 10.8. The largest absolute Gasteiger partial charge is 0.479 e. The highest BCUT2D eigenvalue weighted by Gasteiger charge is 2.20. The van der Waals surface area contributed by atoms with Gasteiger partial charge in [-0.1, -0.05) is 41.9 Å². The number of rotatable bonds is 8. The fourth-order valence-corrected chi connectivity index (χ4v) is 2.70. The molecule has 2 aromatic carbocycles. The summed E-state index contributed by atoms with van der Waals surface area (Å²) in [5, 5.41) is 11.7. The van der Waals surface area contributed by atoms with Gasteiger partial charge >= 0.3 is 5.97 Å². The van der Waals surface area contributed by atoms with Crippen molar-refractivity contribution in [3.8, 4) is 11.8 Å². The third kappa shape index (κ3) is 6.45. The SMILES string of the molecule is COC(=O)CC(NC(=O)/C=C/c1ccc(OCC#N)cc1)c1ccccc1Cl. The fourth-order valence-electron chi connectivity index (χ4n) is 2.43. The highest BCUT2D eigenvalue weighted by molar-refractivity contribution is 6.31. The van der Waals surface area contributed by atoms with Crippen LogP contribution in [-0.2, 0) is 14.3 Å². The lowest BCUT2D eigenvalue weighted by molar-refractivity contribution is -0.141. The number of nitrogens with one attached hydrogen (secondary N) is 1. The van der Waals surface area contributed by atoms with E-state index in [4.69, 9.17) is 26.3 Å².